The van der Waals surface area contributed by atoms with Gasteiger partial charge >= 0.3 is 0 Å². The van der Waals surface area contributed by atoms with E-state index in [9.17, 15) is 29.3 Å². The number of amides is 3. The first kappa shape index (κ1) is 23.8. The summed E-state index contributed by atoms with van der Waals surface area (Å²) < 4.78 is 0. The van der Waals surface area contributed by atoms with Crippen LogP contribution in [0.4, 0.5) is 5.69 Å². The molecular weight excluding hydrogens is 485 g/mol. The molecule has 34 heavy (non-hydrogen) atoms. The van der Waals surface area contributed by atoms with E-state index in [0.717, 1.165) is 22.9 Å². The number of nitro benzene ring substituents is 1. The predicted molar refractivity (Wildman–Crippen MR) is 122 cm³/mol. The lowest BCUT2D eigenvalue weighted by Gasteiger charge is -2.30. The van der Waals surface area contributed by atoms with E-state index >= 15 is 0 Å². The fourth-order valence-corrected chi connectivity index (χ4v) is 4.69. The Kier molecular flexibility index (Phi) is 6.67. The fourth-order valence-electron chi connectivity index (χ4n) is 4.39. The van der Waals surface area contributed by atoms with E-state index in [-0.39, 0.29) is 26.9 Å². The van der Waals surface area contributed by atoms with Gasteiger partial charge in [0.1, 0.15) is 6.54 Å². The van der Waals surface area contributed by atoms with Gasteiger partial charge < -0.3 is 0 Å². The topological polar surface area (TPSA) is 118 Å². The standard InChI is InChI=1S/C23H19Cl2N3O6/c24-18-10-7-14(11-19(18)25)21(30)26(12-20(29)13-5-8-15(9-6-13)28(33)34)27-22(31)16-3-1-2-4-17(16)23(27)32/h5-11,16-17H,1-4,12H2/t16-,17-/m0/s1. The van der Waals surface area contributed by atoms with Gasteiger partial charge in [0.25, 0.3) is 23.4 Å². The van der Waals surface area contributed by atoms with E-state index in [1.54, 1.807) is 0 Å². The number of Topliss-reactive ketones (excluding diaryl/α,β-unsaturated/α-hetero) is 1. The first-order valence-corrected chi connectivity index (χ1v) is 11.4. The maximum atomic E-state index is 13.4. The highest BCUT2D eigenvalue weighted by Gasteiger charge is 2.51. The second-order valence-corrected chi connectivity index (χ2v) is 9.02. The van der Waals surface area contributed by atoms with Crippen molar-refractivity contribution in [1.29, 1.82) is 0 Å². The van der Waals surface area contributed by atoms with Crippen molar-refractivity contribution in [3.63, 3.8) is 0 Å². The van der Waals surface area contributed by atoms with Crippen LogP contribution in [-0.4, -0.2) is 45.0 Å². The van der Waals surface area contributed by atoms with Crippen LogP contribution in [-0.2, 0) is 9.59 Å². The second-order valence-electron chi connectivity index (χ2n) is 8.20. The van der Waals surface area contributed by atoms with Gasteiger partial charge in [-0.2, -0.15) is 5.01 Å². The zero-order valence-electron chi connectivity index (χ0n) is 17.8. The SMILES string of the molecule is O=C(CN(C(=O)c1ccc(Cl)c(Cl)c1)N1C(=O)[C@H]2CCCC[C@@H]2C1=O)c1ccc([N+](=O)[O-])cc1. The van der Waals surface area contributed by atoms with Crippen LogP contribution in [0.25, 0.3) is 0 Å². The lowest BCUT2D eigenvalue weighted by Crippen LogP contribution is -2.52. The molecular formula is C23H19Cl2N3O6. The Hall–Kier alpha value is -3.30. The van der Waals surface area contributed by atoms with Gasteiger partial charge in [-0.3, -0.25) is 29.3 Å². The van der Waals surface area contributed by atoms with E-state index < -0.39 is 46.8 Å². The van der Waals surface area contributed by atoms with Crippen LogP contribution in [0.3, 0.4) is 0 Å². The van der Waals surface area contributed by atoms with Crippen LogP contribution in [0.15, 0.2) is 42.5 Å². The van der Waals surface area contributed by atoms with Crippen molar-refractivity contribution >= 4 is 52.4 Å². The van der Waals surface area contributed by atoms with Crippen LogP contribution >= 0.6 is 23.2 Å². The predicted octanol–water partition coefficient (Wildman–Crippen LogP) is 4.32. The molecule has 1 saturated heterocycles. The molecule has 2 fully saturated rings. The summed E-state index contributed by atoms with van der Waals surface area (Å²) in [5, 5.41) is 12.8. The molecule has 2 aliphatic rings. The minimum atomic E-state index is -0.769. The molecule has 4 rings (SSSR count). The molecule has 0 unspecified atom stereocenters. The molecule has 2 atom stereocenters. The van der Waals surface area contributed by atoms with Gasteiger partial charge in [-0.25, -0.2) is 5.01 Å². The van der Waals surface area contributed by atoms with Gasteiger partial charge in [-0.05, 0) is 43.2 Å². The lowest BCUT2D eigenvalue weighted by atomic mass is 9.81. The molecule has 176 valence electrons. The first-order chi connectivity index (χ1) is 16.2. The molecule has 0 bridgehead atoms. The summed E-state index contributed by atoms with van der Waals surface area (Å²) in [6.45, 7) is -0.617. The third-order valence-corrected chi connectivity index (χ3v) is 6.89. The number of fused-ring (bicyclic) bond motifs is 1. The number of halogens is 2. The quantitative estimate of drug-likeness (QED) is 0.250. The Morgan fingerprint density at radius 3 is 2.03 bits per heavy atom. The molecule has 1 aliphatic carbocycles. The zero-order valence-corrected chi connectivity index (χ0v) is 19.3. The van der Waals surface area contributed by atoms with Crippen molar-refractivity contribution in [2.75, 3.05) is 6.54 Å². The van der Waals surface area contributed by atoms with Crippen molar-refractivity contribution in [3.8, 4) is 0 Å². The number of hydrazine groups is 1. The third-order valence-electron chi connectivity index (χ3n) is 6.15. The highest BCUT2D eigenvalue weighted by molar-refractivity contribution is 6.42. The van der Waals surface area contributed by atoms with Crippen molar-refractivity contribution in [3.05, 3.63) is 73.8 Å². The normalized spacial score (nSPS) is 19.6. The van der Waals surface area contributed by atoms with Crippen molar-refractivity contribution in [1.82, 2.24) is 10.0 Å². The Morgan fingerprint density at radius 1 is 0.941 bits per heavy atom. The average molecular weight is 504 g/mol. The Labute approximate surface area is 204 Å². The summed E-state index contributed by atoms with van der Waals surface area (Å²) in [6.07, 6.45) is 2.68. The molecule has 0 radical (unpaired) electrons. The largest absolute Gasteiger partial charge is 0.292 e. The summed E-state index contributed by atoms with van der Waals surface area (Å²) in [6, 6.07) is 8.94. The van der Waals surface area contributed by atoms with Gasteiger partial charge in [-0.1, -0.05) is 36.0 Å². The zero-order chi connectivity index (χ0) is 24.6. The molecule has 9 nitrogen and oxygen atoms in total. The molecule has 1 heterocycles. The molecule has 11 heteroatoms. The van der Waals surface area contributed by atoms with Gasteiger partial charge in [0, 0.05) is 23.3 Å². The smallest absolute Gasteiger partial charge is 0.273 e. The molecule has 0 aromatic heterocycles. The number of carbonyl (C=O) groups is 4. The maximum absolute atomic E-state index is 13.4. The number of ketones is 1. The number of imide groups is 1. The number of hydrogen-bond donors (Lipinski definition) is 0. The van der Waals surface area contributed by atoms with Crippen LogP contribution < -0.4 is 0 Å². The van der Waals surface area contributed by atoms with Gasteiger partial charge in [0.2, 0.25) is 0 Å². The second kappa shape index (κ2) is 9.52. The number of nitrogens with zero attached hydrogens (tertiary/aromatic N) is 3. The first-order valence-electron chi connectivity index (χ1n) is 10.6. The molecule has 0 N–H and O–H groups in total. The van der Waals surface area contributed by atoms with E-state index in [0.29, 0.717) is 12.8 Å². The fraction of sp³-hybridized carbons (Fsp3) is 0.304. The molecule has 3 amide bonds. The summed E-state index contributed by atoms with van der Waals surface area (Å²) in [4.78, 5) is 63.1. The minimum absolute atomic E-state index is 0.0429. The molecule has 2 aromatic rings. The van der Waals surface area contributed by atoms with Crippen molar-refractivity contribution in [2.45, 2.75) is 25.7 Å². The van der Waals surface area contributed by atoms with E-state index in [2.05, 4.69) is 0 Å². The third kappa shape index (κ3) is 4.41. The molecule has 1 saturated carbocycles. The number of benzene rings is 2. The Morgan fingerprint density at radius 2 is 1.50 bits per heavy atom. The van der Waals surface area contributed by atoms with E-state index in [4.69, 9.17) is 23.2 Å². The van der Waals surface area contributed by atoms with Gasteiger partial charge in [-0.15, -0.1) is 0 Å². The molecule has 1 aliphatic heterocycles. The van der Waals surface area contributed by atoms with E-state index in [1.807, 2.05) is 0 Å². The lowest BCUT2D eigenvalue weighted by molar-refractivity contribution is -0.384. The minimum Gasteiger partial charge on any atom is -0.292 e. The van der Waals surface area contributed by atoms with Crippen molar-refractivity contribution in [2.24, 2.45) is 11.8 Å². The number of non-ortho nitro benzene ring substituents is 1. The van der Waals surface area contributed by atoms with Crippen LogP contribution in [0, 0.1) is 22.0 Å². The van der Waals surface area contributed by atoms with Crippen LogP contribution in [0.2, 0.25) is 10.0 Å². The van der Waals surface area contributed by atoms with Crippen LogP contribution in [0.5, 0.6) is 0 Å². The Bertz CT molecular complexity index is 1180. The summed E-state index contributed by atoms with van der Waals surface area (Å²) >= 11 is 12.0. The Balaban J connectivity index is 1.69. The number of hydrogen-bond acceptors (Lipinski definition) is 6. The highest BCUT2D eigenvalue weighted by Crippen LogP contribution is 2.39. The molecule has 2 aromatic carbocycles. The number of carbonyl (C=O) groups excluding carboxylic acids is 4. The number of rotatable bonds is 6. The summed E-state index contributed by atoms with van der Waals surface area (Å²) in [7, 11) is 0. The summed E-state index contributed by atoms with van der Waals surface area (Å²) in [5.41, 5.74) is -0.0651. The maximum Gasteiger partial charge on any atom is 0.273 e. The highest BCUT2D eigenvalue weighted by atomic mass is 35.5. The van der Waals surface area contributed by atoms with Gasteiger partial charge in [0.15, 0.2) is 5.78 Å². The number of nitro groups is 1. The van der Waals surface area contributed by atoms with Gasteiger partial charge in [0.05, 0.1) is 26.8 Å². The average Bonchev–Trinajstić information content (AvgIpc) is 3.09. The van der Waals surface area contributed by atoms with Crippen LogP contribution in [0.1, 0.15) is 46.4 Å². The monoisotopic (exact) mass is 503 g/mol. The van der Waals surface area contributed by atoms with Crippen molar-refractivity contribution < 1.29 is 24.1 Å². The van der Waals surface area contributed by atoms with E-state index in [1.165, 1.54) is 42.5 Å². The summed E-state index contributed by atoms with van der Waals surface area (Å²) in [5.74, 6) is -3.45. The molecule has 0 spiro atoms.